The van der Waals surface area contributed by atoms with E-state index in [9.17, 15) is 4.79 Å². The quantitative estimate of drug-likeness (QED) is 0.720. The Hall–Kier alpha value is -1.75. The normalized spacial score (nSPS) is 11.8. The van der Waals surface area contributed by atoms with Crippen LogP contribution in [0, 0.1) is 0 Å². The zero-order chi connectivity index (χ0) is 14.8. The summed E-state index contributed by atoms with van der Waals surface area (Å²) in [5, 5.41) is 5.67. The number of nitrogens with one attached hydrogen (secondary N) is 2. The second-order valence-electron chi connectivity index (χ2n) is 4.60. The molecule has 0 bridgehead atoms. The van der Waals surface area contributed by atoms with E-state index in [2.05, 4.69) is 10.6 Å². The monoisotopic (exact) mass is 280 g/mol. The summed E-state index contributed by atoms with van der Waals surface area (Å²) < 4.78 is 10.6. The molecule has 0 aliphatic rings. The first-order chi connectivity index (χ1) is 9.67. The summed E-state index contributed by atoms with van der Waals surface area (Å²) in [6.07, 6.45) is 1.70. The maximum absolute atomic E-state index is 11.8. The predicted molar refractivity (Wildman–Crippen MR) is 80.3 cm³/mol. The molecule has 1 aromatic carbocycles. The number of ether oxygens (including phenoxy) is 2. The highest BCUT2D eigenvalue weighted by Gasteiger charge is 2.09. The lowest BCUT2D eigenvalue weighted by Gasteiger charge is -2.15. The maximum Gasteiger partial charge on any atom is 0.319 e. The van der Waals surface area contributed by atoms with Gasteiger partial charge in [0.2, 0.25) is 0 Å². The van der Waals surface area contributed by atoms with Crippen molar-refractivity contribution in [2.24, 2.45) is 0 Å². The smallest absolute Gasteiger partial charge is 0.319 e. The molecule has 0 fully saturated rings. The predicted octanol–water partition coefficient (Wildman–Crippen LogP) is 3.02. The Balaban J connectivity index is 2.54. The van der Waals surface area contributed by atoms with Crippen LogP contribution in [0.25, 0.3) is 0 Å². The van der Waals surface area contributed by atoms with Gasteiger partial charge in [0.1, 0.15) is 5.75 Å². The standard InChI is InChI=1S/C15H24N2O3/c1-4-12(2)16-15(18)17-13-8-5-6-9-14(13)20-11-7-10-19-3/h5-6,8-9,12H,4,7,10-11H2,1-3H3,(H2,16,17,18)/t12-/m0/s1. The fraction of sp³-hybridized carbons (Fsp3) is 0.533. The molecule has 5 heteroatoms. The number of para-hydroxylation sites is 2. The number of rotatable bonds is 8. The van der Waals surface area contributed by atoms with Gasteiger partial charge in [-0.15, -0.1) is 0 Å². The lowest BCUT2D eigenvalue weighted by atomic mass is 10.2. The van der Waals surface area contributed by atoms with Crippen LogP contribution in [0.15, 0.2) is 24.3 Å². The summed E-state index contributed by atoms with van der Waals surface area (Å²) in [7, 11) is 1.66. The average Bonchev–Trinajstić information content (AvgIpc) is 2.45. The molecule has 0 aromatic heterocycles. The molecule has 0 aliphatic heterocycles. The van der Waals surface area contributed by atoms with E-state index in [1.165, 1.54) is 0 Å². The Kier molecular flexibility index (Phi) is 7.50. The van der Waals surface area contributed by atoms with Crippen molar-refractivity contribution in [2.45, 2.75) is 32.7 Å². The van der Waals surface area contributed by atoms with Crippen molar-refractivity contribution >= 4 is 11.7 Å². The molecule has 0 spiro atoms. The van der Waals surface area contributed by atoms with E-state index < -0.39 is 0 Å². The highest BCUT2D eigenvalue weighted by Crippen LogP contribution is 2.23. The molecule has 2 N–H and O–H groups in total. The largest absolute Gasteiger partial charge is 0.491 e. The van der Waals surface area contributed by atoms with E-state index in [-0.39, 0.29) is 12.1 Å². The lowest BCUT2D eigenvalue weighted by Crippen LogP contribution is -2.35. The third-order valence-electron chi connectivity index (χ3n) is 2.88. The van der Waals surface area contributed by atoms with Gasteiger partial charge in [0.05, 0.1) is 12.3 Å². The number of urea groups is 1. The summed E-state index contributed by atoms with van der Waals surface area (Å²) in [5.74, 6) is 0.669. The van der Waals surface area contributed by atoms with Crippen LogP contribution in [0.5, 0.6) is 5.75 Å². The van der Waals surface area contributed by atoms with Gasteiger partial charge in [0.25, 0.3) is 0 Å². The summed E-state index contributed by atoms with van der Waals surface area (Å²) in [4.78, 5) is 11.8. The molecule has 0 radical (unpaired) electrons. The summed E-state index contributed by atoms with van der Waals surface area (Å²) in [5.41, 5.74) is 0.672. The van der Waals surface area contributed by atoms with Gasteiger partial charge >= 0.3 is 6.03 Å². The average molecular weight is 280 g/mol. The van der Waals surface area contributed by atoms with Crippen molar-refractivity contribution in [3.05, 3.63) is 24.3 Å². The first-order valence-corrected chi connectivity index (χ1v) is 6.95. The molecule has 2 amide bonds. The lowest BCUT2D eigenvalue weighted by molar-refractivity contribution is 0.172. The summed E-state index contributed by atoms with van der Waals surface area (Å²) in [6.45, 7) is 5.20. The van der Waals surface area contributed by atoms with Crippen LogP contribution in [0.3, 0.4) is 0 Å². The van der Waals surface area contributed by atoms with E-state index in [0.717, 1.165) is 12.8 Å². The van der Waals surface area contributed by atoms with Gasteiger partial charge in [-0.1, -0.05) is 19.1 Å². The number of methoxy groups -OCH3 is 1. The topological polar surface area (TPSA) is 59.6 Å². The zero-order valence-corrected chi connectivity index (χ0v) is 12.4. The molecular formula is C15H24N2O3. The van der Waals surface area contributed by atoms with Crippen LogP contribution >= 0.6 is 0 Å². The molecule has 1 rings (SSSR count). The first kappa shape index (κ1) is 16.3. The number of hydrogen-bond acceptors (Lipinski definition) is 3. The third-order valence-corrected chi connectivity index (χ3v) is 2.88. The van der Waals surface area contributed by atoms with Crippen molar-refractivity contribution in [2.75, 3.05) is 25.6 Å². The number of hydrogen-bond donors (Lipinski definition) is 2. The molecule has 112 valence electrons. The Morgan fingerprint density at radius 1 is 1.30 bits per heavy atom. The number of carbonyl (C=O) groups excluding carboxylic acids is 1. The van der Waals surface area contributed by atoms with Crippen LogP contribution < -0.4 is 15.4 Å². The SMILES string of the molecule is CC[C@H](C)NC(=O)Nc1ccccc1OCCCOC. The minimum atomic E-state index is -0.215. The van der Waals surface area contributed by atoms with Crippen LogP contribution in [-0.4, -0.2) is 32.4 Å². The van der Waals surface area contributed by atoms with Gasteiger partial charge in [0.15, 0.2) is 0 Å². The zero-order valence-electron chi connectivity index (χ0n) is 12.4. The Labute approximate surface area is 120 Å². The molecule has 0 saturated heterocycles. The summed E-state index contributed by atoms with van der Waals surface area (Å²) in [6, 6.07) is 7.33. The molecule has 0 unspecified atom stereocenters. The van der Waals surface area contributed by atoms with Gasteiger partial charge < -0.3 is 20.1 Å². The van der Waals surface area contributed by atoms with E-state index in [0.29, 0.717) is 24.7 Å². The van der Waals surface area contributed by atoms with Crippen LogP contribution in [-0.2, 0) is 4.74 Å². The molecule has 0 heterocycles. The molecule has 5 nitrogen and oxygen atoms in total. The Bertz CT molecular complexity index is 410. The number of carbonyl (C=O) groups is 1. The molecule has 20 heavy (non-hydrogen) atoms. The third kappa shape index (κ3) is 5.93. The fourth-order valence-corrected chi connectivity index (χ4v) is 1.57. The van der Waals surface area contributed by atoms with Crippen molar-refractivity contribution in [3.8, 4) is 5.75 Å². The number of benzene rings is 1. The first-order valence-electron chi connectivity index (χ1n) is 6.95. The van der Waals surface area contributed by atoms with Crippen molar-refractivity contribution < 1.29 is 14.3 Å². The Morgan fingerprint density at radius 2 is 2.05 bits per heavy atom. The minimum Gasteiger partial charge on any atom is -0.491 e. The molecule has 1 aromatic rings. The minimum absolute atomic E-state index is 0.143. The van der Waals surface area contributed by atoms with E-state index in [1.807, 2.05) is 38.1 Å². The molecule has 0 aliphatic carbocycles. The van der Waals surface area contributed by atoms with Crippen molar-refractivity contribution in [3.63, 3.8) is 0 Å². The van der Waals surface area contributed by atoms with Crippen LogP contribution in [0.2, 0.25) is 0 Å². The van der Waals surface area contributed by atoms with Crippen molar-refractivity contribution in [1.82, 2.24) is 5.32 Å². The van der Waals surface area contributed by atoms with Crippen LogP contribution in [0.4, 0.5) is 10.5 Å². The van der Waals surface area contributed by atoms with Crippen molar-refractivity contribution in [1.29, 1.82) is 0 Å². The second kappa shape index (κ2) is 9.20. The second-order valence-corrected chi connectivity index (χ2v) is 4.60. The highest BCUT2D eigenvalue weighted by atomic mass is 16.5. The molecule has 1 atom stereocenters. The van der Waals surface area contributed by atoms with Gasteiger partial charge in [-0.2, -0.15) is 0 Å². The van der Waals surface area contributed by atoms with E-state index in [1.54, 1.807) is 7.11 Å². The number of amides is 2. The molecule has 0 saturated carbocycles. The Morgan fingerprint density at radius 3 is 2.75 bits per heavy atom. The summed E-state index contributed by atoms with van der Waals surface area (Å²) >= 11 is 0. The fourth-order valence-electron chi connectivity index (χ4n) is 1.57. The van der Waals surface area contributed by atoms with Crippen LogP contribution in [0.1, 0.15) is 26.7 Å². The van der Waals surface area contributed by atoms with E-state index in [4.69, 9.17) is 9.47 Å². The van der Waals surface area contributed by atoms with Gasteiger partial charge in [0, 0.05) is 26.2 Å². The highest BCUT2D eigenvalue weighted by molar-refractivity contribution is 5.91. The maximum atomic E-state index is 11.8. The van der Waals surface area contributed by atoms with E-state index >= 15 is 0 Å². The van der Waals surface area contributed by atoms with Gasteiger partial charge in [-0.3, -0.25) is 0 Å². The number of anilines is 1. The molecular weight excluding hydrogens is 256 g/mol. The van der Waals surface area contributed by atoms with Gasteiger partial charge in [-0.05, 0) is 25.5 Å². The van der Waals surface area contributed by atoms with Gasteiger partial charge in [-0.25, -0.2) is 4.79 Å².